The van der Waals surface area contributed by atoms with Gasteiger partial charge in [0.15, 0.2) is 29.4 Å². The molecule has 0 radical (unpaired) electrons. The number of halogens is 1. The van der Waals surface area contributed by atoms with E-state index in [0.717, 1.165) is 0 Å². The van der Waals surface area contributed by atoms with Crippen LogP contribution in [0.3, 0.4) is 0 Å². The van der Waals surface area contributed by atoms with E-state index in [2.05, 4.69) is 44.4 Å². The smallest absolute Gasteiger partial charge is 0.386 e. The summed E-state index contributed by atoms with van der Waals surface area (Å²) in [6.45, 7) is -9.32. The second kappa shape index (κ2) is 10.9. The van der Waals surface area contributed by atoms with Crippen molar-refractivity contribution >= 4 is 66.2 Å². The Hall–Kier alpha value is -2.38. The third-order valence-electron chi connectivity index (χ3n) is 7.82. The standard InChI is InChI=1S/C22H25FN8O9P2S2/c1-29-3-2-10(32)14-21(29)30(7-27-14)9-4-11-16(33)17(9)39-41(34,43)36-5-12-18(40-42(35,44)38-11)13(23)22(37-12)31-8-28-15-19(24)25-6-26-20(15)31/h2-3,6-9,11-13,16-18,22,33H,4-5H2,1H3,(H,34,43)(H,35,44)(H2,24,25,26)/t9-,11+,12-,13-,16-,17+,18-,22-,41?,42?/m1/s1. The second-order valence-corrected chi connectivity index (χ2v) is 16.2. The third-order valence-corrected chi connectivity index (χ3v) is 11.0. The Kier molecular flexibility index (Phi) is 7.48. The van der Waals surface area contributed by atoms with Crippen molar-refractivity contribution in [1.29, 1.82) is 0 Å². The number of aliphatic hydroxyl groups excluding tert-OH is 1. The van der Waals surface area contributed by atoms with Crippen molar-refractivity contribution in [2.75, 3.05) is 12.3 Å². The number of ether oxygens (including phenoxy) is 1. The molecule has 0 spiro atoms. The summed E-state index contributed by atoms with van der Waals surface area (Å²) in [5.41, 5.74) is 6.39. The van der Waals surface area contributed by atoms with E-state index in [4.69, 9.17) is 28.6 Å². The van der Waals surface area contributed by atoms with Gasteiger partial charge in [-0.2, -0.15) is 0 Å². The fourth-order valence-electron chi connectivity index (χ4n) is 5.85. The second-order valence-electron chi connectivity index (χ2n) is 10.5. The summed E-state index contributed by atoms with van der Waals surface area (Å²) in [4.78, 5) is 28.7. The molecule has 2 bridgehead atoms. The molecule has 3 N–H and O–H groups in total. The van der Waals surface area contributed by atoms with Crippen LogP contribution in [-0.4, -0.2) is 82.0 Å². The number of aliphatic hydroxyl groups is 1. The van der Waals surface area contributed by atoms with Crippen LogP contribution in [0.4, 0.5) is 10.2 Å². The first-order valence-electron chi connectivity index (χ1n) is 13.1. The van der Waals surface area contributed by atoms with Crippen molar-refractivity contribution in [3.05, 3.63) is 41.5 Å². The maximum absolute atomic E-state index is 16.1. The quantitative estimate of drug-likeness (QED) is 0.175. The number of hydrogen-bond donors (Lipinski definition) is 4. The highest BCUT2D eigenvalue weighted by atomic mass is 32.7. The zero-order valence-corrected chi connectivity index (χ0v) is 26.1. The average molecular weight is 691 g/mol. The van der Waals surface area contributed by atoms with Gasteiger partial charge >= 0.3 is 13.6 Å². The molecule has 22 heteroatoms. The summed E-state index contributed by atoms with van der Waals surface area (Å²) in [6.07, 6.45) is -5.27. The highest BCUT2D eigenvalue weighted by Crippen LogP contribution is 2.62. The molecule has 3 aliphatic rings. The van der Waals surface area contributed by atoms with Crippen LogP contribution in [0.25, 0.3) is 22.3 Å². The molecule has 10 atom stereocenters. The number of aromatic nitrogens is 7. The Labute approximate surface area is 257 Å². The minimum absolute atomic E-state index is 0.0625. The van der Waals surface area contributed by atoms with Gasteiger partial charge in [0, 0.05) is 25.7 Å². The minimum Gasteiger partial charge on any atom is -0.388 e. The molecule has 17 nitrogen and oxygen atoms in total. The lowest BCUT2D eigenvalue weighted by molar-refractivity contribution is -0.0519. The third kappa shape index (κ3) is 5.10. The van der Waals surface area contributed by atoms with E-state index in [1.165, 1.54) is 35.8 Å². The van der Waals surface area contributed by atoms with Crippen molar-refractivity contribution in [1.82, 2.24) is 33.6 Å². The molecule has 2 saturated heterocycles. The van der Waals surface area contributed by atoms with Gasteiger partial charge in [-0.1, -0.05) is 24.5 Å². The van der Waals surface area contributed by atoms with Gasteiger partial charge in [0.05, 0.1) is 31.4 Å². The molecule has 4 aromatic heterocycles. The molecule has 1 aliphatic carbocycles. The van der Waals surface area contributed by atoms with E-state index < -0.39 is 69.2 Å². The van der Waals surface area contributed by atoms with Gasteiger partial charge in [-0.25, -0.2) is 33.5 Å². The highest BCUT2D eigenvalue weighted by molar-refractivity contribution is 8.44. The SMILES string of the molecule is Cn1ccc(=O)c2ncn([C@@H]3C[C@@H]4OP(=O)(S)O[C@H]5[C@@H](F)[C@H](n6cnc7c(N)ncnc76)O[C@@H]5COP(=O)(S)O[C@@H]3[C@@H]4O)c21. The van der Waals surface area contributed by atoms with Crippen LogP contribution >= 0.6 is 38.1 Å². The molecule has 0 amide bonds. The van der Waals surface area contributed by atoms with Crippen LogP contribution < -0.4 is 11.2 Å². The van der Waals surface area contributed by atoms with Crippen LogP contribution in [0.15, 0.2) is 36.0 Å². The monoisotopic (exact) mass is 690 g/mol. The lowest BCUT2D eigenvalue weighted by Gasteiger charge is -2.29. The first-order valence-corrected chi connectivity index (χ1v) is 18.5. The Balaban J connectivity index is 1.22. The van der Waals surface area contributed by atoms with Crippen molar-refractivity contribution in [3.8, 4) is 0 Å². The number of nitrogens with zero attached hydrogens (tertiary/aromatic N) is 7. The predicted octanol–water partition coefficient (Wildman–Crippen LogP) is 1.96. The molecule has 6 heterocycles. The number of pyridine rings is 1. The summed E-state index contributed by atoms with van der Waals surface area (Å²) < 4.78 is 76.0. The van der Waals surface area contributed by atoms with E-state index in [1.807, 2.05) is 0 Å². The number of alkyl halides is 1. The van der Waals surface area contributed by atoms with Crippen molar-refractivity contribution in [2.45, 2.75) is 55.4 Å². The van der Waals surface area contributed by atoms with E-state index >= 15 is 4.39 Å². The van der Waals surface area contributed by atoms with Gasteiger partial charge in [0.2, 0.25) is 5.43 Å². The number of thiol groups is 2. The fraction of sp³-hybridized carbons (Fsp3) is 0.500. The first-order chi connectivity index (χ1) is 20.8. The highest BCUT2D eigenvalue weighted by Gasteiger charge is 2.55. The van der Waals surface area contributed by atoms with Gasteiger partial charge in [0.1, 0.15) is 41.9 Å². The van der Waals surface area contributed by atoms with E-state index in [1.54, 1.807) is 16.2 Å². The molecule has 3 fully saturated rings. The molecular weight excluding hydrogens is 665 g/mol. The molecular formula is C22H25FN8O9P2S2. The molecule has 7 rings (SSSR count). The maximum Gasteiger partial charge on any atom is 0.386 e. The van der Waals surface area contributed by atoms with E-state index in [9.17, 15) is 19.0 Å². The fourth-order valence-corrected chi connectivity index (χ4v) is 9.19. The van der Waals surface area contributed by atoms with Gasteiger partial charge in [0.25, 0.3) is 0 Å². The van der Waals surface area contributed by atoms with Crippen molar-refractivity contribution < 1.29 is 41.5 Å². The van der Waals surface area contributed by atoms with Crippen LogP contribution in [0.2, 0.25) is 0 Å². The summed E-state index contributed by atoms with van der Waals surface area (Å²) in [6, 6.07) is 0.493. The molecule has 2 aliphatic heterocycles. The number of hydrogen-bond acceptors (Lipinski definition) is 14. The largest absolute Gasteiger partial charge is 0.388 e. The van der Waals surface area contributed by atoms with Crippen molar-refractivity contribution in [2.24, 2.45) is 7.05 Å². The Morgan fingerprint density at radius 1 is 1.02 bits per heavy atom. The lowest BCUT2D eigenvalue weighted by Crippen LogP contribution is -2.37. The molecule has 44 heavy (non-hydrogen) atoms. The Morgan fingerprint density at radius 3 is 2.55 bits per heavy atom. The van der Waals surface area contributed by atoms with Gasteiger partial charge in [-0.05, 0) is 0 Å². The summed E-state index contributed by atoms with van der Waals surface area (Å²) in [7, 11) is 1.69. The van der Waals surface area contributed by atoms with Gasteiger partial charge in [-0.3, -0.25) is 27.5 Å². The minimum atomic E-state index is -4.42. The Morgan fingerprint density at radius 2 is 1.75 bits per heavy atom. The van der Waals surface area contributed by atoms with Crippen LogP contribution in [-0.2, 0) is 39.0 Å². The maximum atomic E-state index is 16.1. The summed E-state index contributed by atoms with van der Waals surface area (Å²) in [5.74, 6) is 0.0625. The van der Waals surface area contributed by atoms with Gasteiger partial charge in [-0.15, -0.1) is 0 Å². The normalized spacial score (nSPS) is 38.0. The van der Waals surface area contributed by atoms with Crippen molar-refractivity contribution in [3.63, 3.8) is 0 Å². The average Bonchev–Trinajstić information content (AvgIpc) is 3.72. The van der Waals surface area contributed by atoms with E-state index in [0.29, 0.717) is 5.65 Å². The molecule has 236 valence electrons. The number of rotatable bonds is 2. The number of aryl methyl sites for hydroxylation is 1. The number of nitrogen functional groups attached to an aromatic ring is 1. The number of anilines is 1. The van der Waals surface area contributed by atoms with Crippen LogP contribution in [0.5, 0.6) is 0 Å². The summed E-state index contributed by atoms with van der Waals surface area (Å²) >= 11 is 8.19. The molecule has 4 aromatic rings. The van der Waals surface area contributed by atoms with Crippen LogP contribution in [0.1, 0.15) is 18.7 Å². The first kappa shape index (κ1) is 30.3. The predicted molar refractivity (Wildman–Crippen MR) is 157 cm³/mol. The summed E-state index contributed by atoms with van der Waals surface area (Å²) in [5, 5.41) is 11.2. The number of imidazole rings is 2. The molecule has 0 aromatic carbocycles. The molecule has 1 saturated carbocycles. The Bertz CT molecular complexity index is 1930. The van der Waals surface area contributed by atoms with Crippen LogP contribution in [0, 0.1) is 0 Å². The zero-order chi connectivity index (χ0) is 31.1. The topological polar surface area (TPSA) is 210 Å². The lowest BCUT2D eigenvalue weighted by atomic mass is 10.1. The number of fused-ring (bicyclic) bond motifs is 5. The number of nitrogens with two attached hydrogens (primary N) is 1. The zero-order valence-electron chi connectivity index (χ0n) is 22.5. The molecule has 2 unspecified atom stereocenters. The van der Waals surface area contributed by atoms with Gasteiger partial charge < -0.3 is 24.7 Å². The van der Waals surface area contributed by atoms with E-state index in [-0.39, 0.29) is 34.3 Å².